The molecular formula is C15H27F2N. The third-order valence-corrected chi connectivity index (χ3v) is 4.81. The van der Waals surface area contributed by atoms with Crippen LogP contribution in [-0.4, -0.2) is 18.5 Å². The van der Waals surface area contributed by atoms with Crippen LogP contribution < -0.4 is 5.32 Å². The summed E-state index contributed by atoms with van der Waals surface area (Å²) in [6.07, 6.45) is 6.76. The molecular weight excluding hydrogens is 232 g/mol. The Morgan fingerprint density at radius 1 is 1.17 bits per heavy atom. The topological polar surface area (TPSA) is 12.0 Å². The quantitative estimate of drug-likeness (QED) is 0.773. The Balaban J connectivity index is 1.79. The second kappa shape index (κ2) is 5.44. The predicted molar refractivity (Wildman–Crippen MR) is 70.9 cm³/mol. The first-order chi connectivity index (χ1) is 8.42. The van der Waals surface area contributed by atoms with Gasteiger partial charge in [0.1, 0.15) is 0 Å². The van der Waals surface area contributed by atoms with Gasteiger partial charge in [0.15, 0.2) is 0 Å². The van der Waals surface area contributed by atoms with Gasteiger partial charge in [-0.2, -0.15) is 0 Å². The zero-order valence-corrected chi connectivity index (χ0v) is 11.8. The predicted octanol–water partition coefficient (Wildman–Crippen LogP) is 4.37. The monoisotopic (exact) mass is 259 g/mol. The van der Waals surface area contributed by atoms with Gasteiger partial charge in [0.05, 0.1) is 0 Å². The maximum atomic E-state index is 13.2. The SMILES string of the molecule is CCCNC1CCC(C)(CC2CCC(F)(F)C2)C1. The molecule has 2 fully saturated rings. The molecule has 0 amide bonds. The van der Waals surface area contributed by atoms with Crippen molar-refractivity contribution in [2.45, 2.75) is 77.2 Å². The van der Waals surface area contributed by atoms with Gasteiger partial charge in [-0.3, -0.25) is 0 Å². The van der Waals surface area contributed by atoms with Crippen LogP contribution >= 0.6 is 0 Å². The molecule has 0 aromatic rings. The fourth-order valence-electron chi connectivity index (χ4n) is 3.94. The van der Waals surface area contributed by atoms with Gasteiger partial charge in [-0.05, 0) is 56.4 Å². The maximum Gasteiger partial charge on any atom is 0.248 e. The van der Waals surface area contributed by atoms with Crippen LogP contribution in [0.4, 0.5) is 8.78 Å². The van der Waals surface area contributed by atoms with E-state index in [-0.39, 0.29) is 18.8 Å². The van der Waals surface area contributed by atoms with E-state index in [1.54, 1.807) is 0 Å². The largest absolute Gasteiger partial charge is 0.314 e. The van der Waals surface area contributed by atoms with E-state index in [4.69, 9.17) is 0 Å². The minimum Gasteiger partial charge on any atom is -0.314 e. The van der Waals surface area contributed by atoms with Crippen LogP contribution in [0.1, 0.15) is 65.2 Å². The van der Waals surface area contributed by atoms with Crippen molar-refractivity contribution in [1.29, 1.82) is 0 Å². The first-order valence-electron chi connectivity index (χ1n) is 7.54. The molecule has 0 radical (unpaired) electrons. The van der Waals surface area contributed by atoms with Crippen molar-refractivity contribution in [3.8, 4) is 0 Å². The molecule has 106 valence electrons. The van der Waals surface area contributed by atoms with Crippen LogP contribution in [0.15, 0.2) is 0 Å². The lowest BCUT2D eigenvalue weighted by Crippen LogP contribution is -2.29. The van der Waals surface area contributed by atoms with E-state index in [1.165, 1.54) is 25.7 Å². The molecule has 0 aromatic carbocycles. The summed E-state index contributed by atoms with van der Waals surface area (Å²) in [4.78, 5) is 0. The first-order valence-corrected chi connectivity index (χ1v) is 7.54. The molecule has 0 aromatic heterocycles. The van der Waals surface area contributed by atoms with Crippen LogP contribution in [0, 0.1) is 11.3 Å². The van der Waals surface area contributed by atoms with E-state index in [1.807, 2.05) is 0 Å². The molecule has 0 aliphatic heterocycles. The van der Waals surface area contributed by atoms with Crippen molar-refractivity contribution in [2.24, 2.45) is 11.3 Å². The molecule has 0 bridgehead atoms. The zero-order valence-electron chi connectivity index (χ0n) is 11.8. The average Bonchev–Trinajstić information content (AvgIpc) is 2.80. The van der Waals surface area contributed by atoms with Crippen molar-refractivity contribution in [3.63, 3.8) is 0 Å². The van der Waals surface area contributed by atoms with Gasteiger partial charge in [-0.1, -0.05) is 13.8 Å². The highest BCUT2D eigenvalue weighted by Gasteiger charge is 2.43. The lowest BCUT2D eigenvalue weighted by Gasteiger charge is -2.28. The first kappa shape index (κ1) is 14.2. The van der Waals surface area contributed by atoms with Gasteiger partial charge in [0, 0.05) is 18.9 Å². The van der Waals surface area contributed by atoms with Crippen molar-refractivity contribution in [2.75, 3.05) is 6.54 Å². The van der Waals surface area contributed by atoms with Gasteiger partial charge < -0.3 is 5.32 Å². The second-order valence-corrected chi connectivity index (χ2v) is 6.87. The standard InChI is InChI=1S/C15H27F2N/c1-3-8-18-13-5-6-14(2,11-13)9-12-4-7-15(16,17)10-12/h12-13,18H,3-11H2,1-2H3. The molecule has 18 heavy (non-hydrogen) atoms. The van der Waals surface area contributed by atoms with Crippen molar-refractivity contribution < 1.29 is 8.78 Å². The van der Waals surface area contributed by atoms with Crippen molar-refractivity contribution in [3.05, 3.63) is 0 Å². The number of alkyl halides is 2. The zero-order chi connectivity index (χ0) is 13.2. The normalized spacial score (nSPS) is 39.3. The number of nitrogens with one attached hydrogen (secondary N) is 1. The second-order valence-electron chi connectivity index (χ2n) is 6.87. The number of hydrogen-bond acceptors (Lipinski definition) is 1. The lowest BCUT2D eigenvalue weighted by molar-refractivity contribution is 0.00296. The Hall–Kier alpha value is -0.180. The molecule has 0 spiro atoms. The summed E-state index contributed by atoms with van der Waals surface area (Å²) >= 11 is 0. The molecule has 2 aliphatic carbocycles. The summed E-state index contributed by atoms with van der Waals surface area (Å²) in [7, 11) is 0. The minimum absolute atomic E-state index is 0.116. The van der Waals surface area contributed by atoms with Crippen LogP contribution in [0.25, 0.3) is 0 Å². The summed E-state index contributed by atoms with van der Waals surface area (Å²) in [6, 6.07) is 0.622. The lowest BCUT2D eigenvalue weighted by atomic mass is 9.79. The van der Waals surface area contributed by atoms with E-state index in [2.05, 4.69) is 19.2 Å². The van der Waals surface area contributed by atoms with Crippen LogP contribution in [-0.2, 0) is 0 Å². The Kier molecular flexibility index (Phi) is 4.30. The van der Waals surface area contributed by atoms with E-state index < -0.39 is 5.92 Å². The summed E-state index contributed by atoms with van der Waals surface area (Å²) in [5.41, 5.74) is 0.302. The molecule has 3 atom stereocenters. The average molecular weight is 259 g/mol. The Labute approximate surface area is 110 Å². The van der Waals surface area contributed by atoms with E-state index in [0.717, 1.165) is 19.4 Å². The number of rotatable bonds is 5. The van der Waals surface area contributed by atoms with Crippen LogP contribution in [0.2, 0.25) is 0 Å². The molecule has 0 heterocycles. The van der Waals surface area contributed by atoms with Gasteiger partial charge in [0.2, 0.25) is 5.92 Å². The molecule has 2 saturated carbocycles. The third-order valence-electron chi connectivity index (χ3n) is 4.81. The summed E-state index contributed by atoms with van der Waals surface area (Å²) in [5.74, 6) is -2.12. The van der Waals surface area contributed by atoms with Crippen LogP contribution in [0.5, 0.6) is 0 Å². The molecule has 0 saturated heterocycles. The smallest absolute Gasteiger partial charge is 0.248 e. The van der Waals surface area contributed by atoms with Crippen molar-refractivity contribution in [1.82, 2.24) is 5.32 Å². The van der Waals surface area contributed by atoms with Gasteiger partial charge in [-0.15, -0.1) is 0 Å². The maximum absolute atomic E-state index is 13.2. The highest BCUT2D eigenvalue weighted by molar-refractivity contribution is 4.93. The fraction of sp³-hybridized carbons (Fsp3) is 1.00. The van der Waals surface area contributed by atoms with E-state index >= 15 is 0 Å². The Bertz CT molecular complexity index is 280. The van der Waals surface area contributed by atoms with Gasteiger partial charge in [0.25, 0.3) is 0 Å². The minimum atomic E-state index is -2.38. The Morgan fingerprint density at radius 2 is 1.94 bits per heavy atom. The summed E-state index contributed by atoms with van der Waals surface area (Å²) in [6.45, 7) is 5.57. The third kappa shape index (κ3) is 3.66. The molecule has 3 unspecified atom stereocenters. The van der Waals surface area contributed by atoms with Gasteiger partial charge in [-0.25, -0.2) is 8.78 Å². The Morgan fingerprint density at radius 3 is 2.56 bits per heavy atom. The summed E-state index contributed by atoms with van der Waals surface area (Å²) in [5, 5.41) is 3.58. The molecule has 3 heteroatoms. The molecule has 2 rings (SSSR count). The number of hydrogen-bond donors (Lipinski definition) is 1. The van der Waals surface area contributed by atoms with Crippen molar-refractivity contribution >= 4 is 0 Å². The van der Waals surface area contributed by atoms with E-state index in [0.29, 0.717) is 11.5 Å². The number of halogens is 2. The highest BCUT2D eigenvalue weighted by atomic mass is 19.3. The van der Waals surface area contributed by atoms with E-state index in [9.17, 15) is 8.78 Å². The summed E-state index contributed by atoms with van der Waals surface area (Å²) < 4.78 is 26.4. The molecule has 1 N–H and O–H groups in total. The van der Waals surface area contributed by atoms with Gasteiger partial charge >= 0.3 is 0 Å². The van der Waals surface area contributed by atoms with Crippen LogP contribution in [0.3, 0.4) is 0 Å². The highest BCUT2D eigenvalue weighted by Crippen LogP contribution is 2.49. The fourth-order valence-corrected chi connectivity index (χ4v) is 3.94. The molecule has 2 aliphatic rings. The molecule has 1 nitrogen and oxygen atoms in total.